The zero-order valence-electron chi connectivity index (χ0n) is 8.18. The number of ether oxygens (including phenoxy) is 1. The Kier molecular flexibility index (Phi) is 3.44. The van der Waals surface area contributed by atoms with Gasteiger partial charge in [0.2, 0.25) is 0 Å². The number of benzene rings is 1. The first-order valence-electron chi connectivity index (χ1n) is 4.12. The van der Waals surface area contributed by atoms with E-state index in [1.54, 1.807) is 6.92 Å². The lowest BCUT2D eigenvalue weighted by molar-refractivity contribution is -0.170. The largest absolute Gasteiger partial charge is 0.464 e. The Morgan fingerprint density at radius 2 is 2.07 bits per heavy atom. The van der Waals surface area contributed by atoms with Gasteiger partial charge in [-0.2, -0.15) is 8.78 Å². The van der Waals surface area contributed by atoms with Gasteiger partial charge in [0.05, 0.1) is 7.11 Å². The normalized spacial score (nSPS) is 11.3. The summed E-state index contributed by atoms with van der Waals surface area (Å²) < 4.78 is 31.3. The van der Waals surface area contributed by atoms with Crippen molar-refractivity contribution in [2.75, 3.05) is 7.11 Å². The number of rotatable bonds is 2. The summed E-state index contributed by atoms with van der Waals surface area (Å²) in [6.45, 7) is 1.77. The molecule has 1 aromatic carbocycles. The first-order chi connectivity index (χ1) is 6.89. The molecule has 82 valence electrons. The molecule has 0 aliphatic carbocycles. The molecule has 5 heteroatoms. The molecule has 0 saturated heterocycles. The molecule has 0 atom stereocenters. The molecular formula is C10H9BrF2O2. The number of aryl methyl sites for hydroxylation is 1. The molecule has 2 nitrogen and oxygen atoms in total. The van der Waals surface area contributed by atoms with Crippen LogP contribution in [0.4, 0.5) is 8.78 Å². The van der Waals surface area contributed by atoms with Crippen molar-refractivity contribution in [3.05, 3.63) is 33.8 Å². The van der Waals surface area contributed by atoms with Crippen molar-refractivity contribution in [1.82, 2.24) is 0 Å². The summed E-state index contributed by atoms with van der Waals surface area (Å²) in [5.74, 6) is -5.16. The summed E-state index contributed by atoms with van der Waals surface area (Å²) >= 11 is 3.12. The summed E-state index contributed by atoms with van der Waals surface area (Å²) in [7, 11) is 0.930. The second kappa shape index (κ2) is 4.26. The molecule has 1 aromatic rings. The number of halogens is 3. The van der Waals surface area contributed by atoms with Crippen LogP contribution in [-0.4, -0.2) is 13.1 Å². The van der Waals surface area contributed by atoms with Crippen LogP contribution < -0.4 is 0 Å². The number of hydrogen-bond acceptors (Lipinski definition) is 2. The molecule has 1 rings (SSSR count). The standard InChI is InChI=1S/C10H9BrF2O2/c1-6-3-4-7(5-8(6)11)10(12,13)9(14)15-2/h3-5H,1-2H3. The maximum Gasteiger partial charge on any atom is 0.381 e. The van der Waals surface area contributed by atoms with E-state index in [0.29, 0.717) is 4.47 Å². The van der Waals surface area contributed by atoms with Crippen LogP contribution >= 0.6 is 15.9 Å². The van der Waals surface area contributed by atoms with Crippen molar-refractivity contribution in [2.45, 2.75) is 12.8 Å². The van der Waals surface area contributed by atoms with Crippen LogP contribution in [-0.2, 0) is 15.5 Å². The fraction of sp³-hybridized carbons (Fsp3) is 0.300. The molecule has 0 aliphatic heterocycles. The molecule has 0 fully saturated rings. The van der Waals surface area contributed by atoms with Gasteiger partial charge in [0.1, 0.15) is 0 Å². The number of carbonyl (C=O) groups is 1. The molecule has 0 aromatic heterocycles. The highest BCUT2D eigenvalue weighted by Gasteiger charge is 2.42. The third-order valence-electron chi connectivity index (χ3n) is 1.98. The topological polar surface area (TPSA) is 26.3 Å². The lowest BCUT2D eigenvalue weighted by Crippen LogP contribution is -2.27. The monoisotopic (exact) mass is 278 g/mol. The summed E-state index contributed by atoms with van der Waals surface area (Å²) in [5.41, 5.74) is 0.436. The predicted octanol–water partition coefficient (Wildman–Crippen LogP) is 3.02. The molecule has 0 bridgehead atoms. The van der Waals surface area contributed by atoms with Gasteiger partial charge >= 0.3 is 11.9 Å². The minimum Gasteiger partial charge on any atom is -0.464 e. The van der Waals surface area contributed by atoms with E-state index in [1.807, 2.05) is 0 Å². The van der Waals surface area contributed by atoms with Crippen molar-refractivity contribution in [1.29, 1.82) is 0 Å². The number of hydrogen-bond donors (Lipinski definition) is 0. The van der Waals surface area contributed by atoms with Crippen LogP contribution in [0.3, 0.4) is 0 Å². The zero-order chi connectivity index (χ0) is 11.6. The smallest absolute Gasteiger partial charge is 0.381 e. The molecule has 0 aliphatic rings. The van der Waals surface area contributed by atoms with Crippen molar-refractivity contribution < 1.29 is 18.3 Å². The number of methoxy groups -OCH3 is 1. The maximum absolute atomic E-state index is 13.4. The summed E-state index contributed by atoms with van der Waals surface area (Å²) in [5, 5.41) is 0. The highest BCUT2D eigenvalue weighted by Crippen LogP contribution is 2.31. The predicted molar refractivity (Wildman–Crippen MR) is 54.8 cm³/mol. The summed E-state index contributed by atoms with van der Waals surface area (Å²) in [6.07, 6.45) is 0. The first-order valence-corrected chi connectivity index (χ1v) is 4.91. The molecular weight excluding hydrogens is 270 g/mol. The van der Waals surface area contributed by atoms with Gasteiger partial charge in [-0.05, 0) is 18.6 Å². The Hall–Kier alpha value is -0.970. The quantitative estimate of drug-likeness (QED) is 0.778. The number of carbonyl (C=O) groups excluding carboxylic acids is 1. The zero-order valence-corrected chi connectivity index (χ0v) is 9.77. The average molecular weight is 279 g/mol. The highest BCUT2D eigenvalue weighted by atomic mass is 79.9. The van der Waals surface area contributed by atoms with E-state index < -0.39 is 11.9 Å². The van der Waals surface area contributed by atoms with Crippen molar-refractivity contribution in [2.24, 2.45) is 0 Å². The van der Waals surface area contributed by atoms with Crippen molar-refractivity contribution in [3.63, 3.8) is 0 Å². The highest BCUT2D eigenvalue weighted by molar-refractivity contribution is 9.10. The Balaban J connectivity index is 3.16. The van der Waals surface area contributed by atoms with Crippen LogP contribution in [0.15, 0.2) is 22.7 Å². The van der Waals surface area contributed by atoms with E-state index in [1.165, 1.54) is 18.2 Å². The van der Waals surface area contributed by atoms with Gasteiger partial charge in [0, 0.05) is 10.0 Å². The van der Waals surface area contributed by atoms with Gasteiger partial charge < -0.3 is 4.74 Å². The lowest BCUT2D eigenvalue weighted by atomic mass is 10.1. The second-order valence-corrected chi connectivity index (χ2v) is 3.88. The molecule has 0 spiro atoms. The third kappa shape index (κ3) is 2.34. The molecule has 0 amide bonds. The SMILES string of the molecule is COC(=O)C(F)(F)c1ccc(C)c(Br)c1. The third-order valence-corrected chi connectivity index (χ3v) is 2.83. The van der Waals surface area contributed by atoms with Crippen molar-refractivity contribution >= 4 is 21.9 Å². The fourth-order valence-corrected chi connectivity index (χ4v) is 1.41. The van der Waals surface area contributed by atoms with Gasteiger partial charge in [0.15, 0.2) is 0 Å². The molecule has 0 N–H and O–H groups in total. The molecule has 0 saturated carbocycles. The molecule has 0 unspecified atom stereocenters. The van der Waals surface area contributed by atoms with Crippen LogP contribution in [0.1, 0.15) is 11.1 Å². The average Bonchev–Trinajstić information content (AvgIpc) is 2.20. The van der Waals surface area contributed by atoms with Crippen LogP contribution in [0, 0.1) is 6.92 Å². The fourth-order valence-electron chi connectivity index (χ4n) is 1.03. The maximum atomic E-state index is 13.4. The Labute approximate surface area is 94.4 Å². The molecule has 0 radical (unpaired) electrons. The molecule has 15 heavy (non-hydrogen) atoms. The van der Waals surface area contributed by atoms with E-state index >= 15 is 0 Å². The van der Waals surface area contributed by atoms with Crippen LogP contribution in [0.5, 0.6) is 0 Å². The van der Waals surface area contributed by atoms with Gasteiger partial charge in [-0.15, -0.1) is 0 Å². The van der Waals surface area contributed by atoms with E-state index in [9.17, 15) is 13.6 Å². The van der Waals surface area contributed by atoms with Crippen LogP contribution in [0.2, 0.25) is 0 Å². The Morgan fingerprint density at radius 3 is 2.53 bits per heavy atom. The Bertz CT molecular complexity index is 391. The van der Waals surface area contributed by atoms with E-state index in [-0.39, 0.29) is 5.56 Å². The first kappa shape index (κ1) is 12.1. The van der Waals surface area contributed by atoms with Crippen molar-refractivity contribution in [3.8, 4) is 0 Å². The van der Waals surface area contributed by atoms with E-state index in [4.69, 9.17) is 0 Å². The second-order valence-electron chi connectivity index (χ2n) is 3.03. The van der Waals surface area contributed by atoms with Gasteiger partial charge in [0.25, 0.3) is 0 Å². The lowest BCUT2D eigenvalue weighted by Gasteiger charge is -2.14. The van der Waals surface area contributed by atoms with Gasteiger partial charge in [-0.25, -0.2) is 4.79 Å². The Morgan fingerprint density at radius 1 is 1.47 bits per heavy atom. The minimum absolute atomic E-state index is 0.383. The molecule has 0 heterocycles. The summed E-state index contributed by atoms with van der Waals surface area (Å²) in [6, 6.07) is 3.93. The van der Waals surface area contributed by atoms with Gasteiger partial charge in [-0.1, -0.05) is 28.1 Å². The van der Waals surface area contributed by atoms with E-state index in [0.717, 1.165) is 12.7 Å². The van der Waals surface area contributed by atoms with E-state index in [2.05, 4.69) is 20.7 Å². The van der Waals surface area contributed by atoms with Gasteiger partial charge in [-0.3, -0.25) is 0 Å². The number of esters is 1. The van der Waals surface area contributed by atoms with Crippen LogP contribution in [0.25, 0.3) is 0 Å². The minimum atomic E-state index is -3.61. The summed E-state index contributed by atoms with van der Waals surface area (Å²) in [4.78, 5) is 10.8. The number of alkyl halides is 2.